The van der Waals surface area contributed by atoms with E-state index in [4.69, 9.17) is 5.73 Å². The lowest BCUT2D eigenvalue weighted by Gasteiger charge is -2.15. The van der Waals surface area contributed by atoms with E-state index in [-0.39, 0.29) is 6.04 Å². The molecule has 1 heterocycles. The largest absolute Gasteiger partial charge is 0.349 e. The van der Waals surface area contributed by atoms with Crippen LogP contribution in [0.4, 0.5) is 0 Å². The Morgan fingerprint density at radius 3 is 2.47 bits per heavy atom. The van der Waals surface area contributed by atoms with Crippen molar-refractivity contribution < 1.29 is 8.42 Å². The van der Waals surface area contributed by atoms with Crippen LogP contribution in [0.2, 0.25) is 0 Å². The zero-order chi connectivity index (χ0) is 14.5. The second kappa shape index (κ2) is 7.07. The van der Waals surface area contributed by atoms with Gasteiger partial charge in [-0.25, -0.2) is 13.1 Å². The van der Waals surface area contributed by atoms with Gasteiger partial charge in [0.1, 0.15) is 0 Å². The quantitative estimate of drug-likeness (QED) is 0.765. The zero-order valence-corrected chi connectivity index (χ0v) is 12.8. The second-order valence-corrected chi connectivity index (χ2v) is 6.39. The molecule has 0 amide bonds. The summed E-state index contributed by atoms with van der Waals surface area (Å²) in [6.07, 6.45) is 4.27. The molecule has 3 N–H and O–H groups in total. The minimum atomic E-state index is -3.44. The highest BCUT2D eigenvalue weighted by Crippen LogP contribution is 2.16. The van der Waals surface area contributed by atoms with Gasteiger partial charge in [-0.3, -0.25) is 0 Å². The zero-order valence-electron chi connectivity index (χ0n) is 12.0. The van der Waals surface area contributed by atoms with E-state index in [9.17, 15) is 8.42 Å². The molecule has 0 aliphatic rings. The molecule has 0 saturated heterocycles. The van der Waals surface area contributed by atoms with Crippen LogP contribution >= 0.6 is 0 Å². The maximum atomic E-state index is 12.3. The van der Waals surface area contributed by atoms with Crippen LogP contribution in [0, 0.1) is 0 Å². The van der Waals surface area contributed by atoms with E-state index in [0.717, 1.165) is 25.0 Å². The molecule has 6 heteroatoms. The summed E-state index contributed by atoms with van der Waals surface area (Å²) in [5.74, 6) is 0. The van der Waals surface area contributed by atoms with Crippen molar-refractivity contribution in [1.29, 1.82) is 0 Å². The van der Waals surface area contributed by atoms with Crippen molar-refractivity contribution in [2.75, 3.05) is 0 Å². The number of nitrogens with one attached hydrogen (secondary N) is 1. The van der Waals surface area contributed by atoms with Gasteiger partial charge in [-0.2, -0.15) is 0 Å². The third-order valence-corrected chi connectivity index (χ3v) is 4.76. The summed E-state index contributed by atoms with van der Waals surface area (Å²) in [6.45, 7) is 7.07. The smallest absolute Gasteiger partial charge is 0.242 e. The second-order valence-electron chi connectivity index (χ2n) is 4.67. The molecule has 0 fully saturated rings. The maximum Gasteiger partial charge on any atom is 0.242 e. The average molecular weight is 287 g/mol. The van der Waals surface area contributed by atoms with Crippen LogP contribution in [0.5, 0.6) is 0 Å². The number of hydrogen-bond acceptors (Lipinski definition) is 3. The van der Waals surface area contributed by atoms with Gasteiger partial charge in [0.15, 0.2) is 0 Å². The number of aryl methyl sites for hydroxylation is 1. The lowest BCUT2D eigenvalue weighted by molar-refractivity contribution is 0.512. The topological polar surface area (TPSA) is 77.1 Å². The Hall–Kier alpha value is -0.850. The normalized spacial score (nSPS) is 13.7. The van der Waals surface area contributed by atoms with Gasteiger partial charge in [-0.15, -0.1) is 0 Å². The molecule has 110 valence electrons. The van der Waals surface area contributed by atoms with Gasteiger partial charge in [-0.05, 0) is 25.8 Å². The molecule has 1 atom stereocenters. The minimum Gasteiger partial charge on any atom is -0.349 e. The maximum absolute atomic E-state index is 12.3. The molecule has 0 spiro atoms. The molecule has 0 bridgehead atoms. The molecular formula is C13H25N3O2S. The Morgan fingerprint density at radius 2 is 2.05 bits per heavy atom. The summed E-state index contributed by atoms with van der Waals surface area (Å²) >= 11 is 0. The summed E-state index contributed by atoms with van der Waals surface area (Å²) in [5.41, 5.74) is 6.46. The van der Waals surface area contributed by atoms with Crippen molar-refractivity contribution in [3.8, 4) is 0 Å². The van der Waals surface area contributed by atoms with Crippen molar-refractivity contribution in [1.82, 2.24) is 9.29 Å². The van der Waals surface area contributed by atoms with E-state index in [2.05, 4.69) is 11.6 Å². The monoisotopic (exact) mass is 287 g/mol. The van der Waals surface area contributed by atoms with Crippen molar-refractivity contribution in [2.24, 2.45) is 5.73 Å². The van der Waals surface area contributed by atoms with E-state index in [1.54, 1.807) is 12.3 Å². The Balaban J connectivity index is 2.96. The number of rotatable bonds is 8. The molecule has 19 heavy (non-hydrogen) atoms. The lowest BCUT2D eigenvalue weighted by atomic mass is 10.1. The molecule has 1 aromatic heterocycles. The number of nitrogens with zero attached hydrogens (tertiary/aromatic N) is 1. The van der Waals surface area contributed by atoms with Crippen molar-refractivity contribution in [2.45, 2.75) is 64.1 Å². The van der Waals surface area contributed by atoms with E-state index >= 15 is 0 Å². The van der Waals surface area contributed by atoms with Crippen LogP contribution in [0.1, 0.15) is 45.7 Å². The molecule has 1 rings (SSSR count). The predicted molar refractivity (Wildman–Crippen MR) is 77.3 cm³/mol. The first kappa shape index (κ1) is 16.2. The van der Waals surface area contributed by atoms with Gasteiger partial charge < -0.3 is 10.3 Å². The summed E-state index contributed by atoms with van der Waals surface area (Å²) < 4.78 is 29.3. The van der Waals surface area contributed by atoms with Crippen LogP contribution in [-0.2, 0) is 23.1 Å². The number of aromatic nitrogens is 1. The molecule has 1 aromatic rings. The Labute approximate surface area is 116 Å². The summed E-state index contributed by atoms with van der Waals surface area (Å²) in [5, 5.41) is 0. The molecular weight excluding hydrogens is 262 g/mol. The van der Waals surface area contributed by atoms with Crippen molar-refractivity contribution in [3.63, 3.8) is 0 Å². The van der Waals surface area contributed by atoms with E-state index in [1.165, 1.54) is 0 Å². The van der Waals surface area contributed by atoms with Crippen LogP contribution < -0.4 is 10.5 Å². The minimum absolute atomic E-state index is 0.00121. The lowest BCUT2D eigenvalue weighted by Crippen LogP contribution is -2.34. The highest BCUT2D eigenvalue weighted by Gasteiger charge is 2.20. The molecule has 0 aromatic carbocycles. The Morgan fingerprint density at radius 1 is 1.37 bits per heavy atom. The third-order valence-electron chi connectivity index (χ3n) is 3.27. The van der Waals surface area contributed by atoms with E-state index in [1.807, 2.05) is 18.4 Å². The van der Waals surface area contributed by atoms with E-state index in [0.29, 0.717) is 18.0 Å². The summed E-state index contributed by atoms with van der Waals surface area (Å²) in [7, 11) is -3.44. The van der Waals surface area contributed by atoms with Gasteiger partial charge in [0.25, 0.3) is 0 Å². The number of hydrogen-bond donors (Lipinski definition) is 2. The van der Waals surface area contributed by atoms with Gasteiger partial charge in [-0.1, -0.05) is 20.3 Å². The molecule has 1 unspecified atom stereocenters. The first-order valence-electron chi connectivity index (χ1n) is 6.89. The fourth-order valence-electron chi connectivity index (χ4n) is 2.12. The average Bonchev–Trinajstić information content (AvgIpc) is 2.82. The molecule has 0 aliphatic carbocycles. The van der Waals surface area contributed by atoms with Crippen LogP contribution in [-0.4, -0.2) is 19.0 Å². The highest BCUT2D eigenvalue weighted by atomic mass is 32.2. The van der Waals surface area contributed by atoms with Crippen molar-refractivity contribution >= 4 is 10.0 Å². The summed E-state index contributed by atoms with van der Waals surface area (Å²) in [6, 6.07) is 1.66. The van der Waals surface area contributed by atoms with E-state index < -0.39 is 10.0 Å². The molecule has 5 nitrogen and oxygen atoms in total. The molecule has 0 saturated carbocycles. The number of sulfonamides is 1. The Kier molecular flexibility index (Phi) is 6.03. The first-order valence-corrected chi connectivity index (χ1v) is 8.38. The summed E-state index contributed by atoms with van der Waals surface area (Å²) in [4.78, 5) is 0.310. The number of nitrogens with two attached hydrogens (primary N) is 1. The fourth-order valence-corrected chi connectivity index (χ4v) is 3.54. The van der Waals surface area contributed by atoms with Gasteiger partial charge in [0.05, 0.1) is 4.90 Å². The first-order chi connectivity index (χ1) is 8.98. The van der Waals surface area contributed by atoms with Crippen molar-refractivity contribution in [3.05, 3.63) is 18.0 Å². The van der Waals surface area contributed by atoms with Gasteiger partial charge in [0, 0.05) is 31.0 Å². The molecule has 0 radical (unpaired) electrons. The predicted octanol–water partition coefficient (Wildman–Crippen LogP) is 1.82. The molecule has 0 aliphatic heterocycles. The van der Waals surface area contributed by atoms with Gasteiger partial charge in [0.2, 0.25) is 10.0 Å². The Bertz CT molecular complexity index is 472. The highest BCUT2D eigenvalue weighted by molar-refractivity contribution is 7.89. The third kappa shape index (κ3) is 4.06. The van der Waals surface area contributed by atoms with Crippen LogP contribution in [0.3, 0.4) is 0 Å². The van der Waals surface area contributed by atoms with Crippen LogP contribution in [0.15, 0.2) is 17.2 Å². The standard InChI is InChI=1S/C13H25N3O2S/c1-4-7-11(5-2)15-19(17,18)13-8-12(9-14)16(6-3)10-13/h8,10-11,15H,4-7,9,14H2,1-3H3. The fraction of sp³-hybridized carbons (Fsp3) is 0.692. The SMILES string of the molecule is CCCC(CC)NS(=O)(=O)c1cc(CN)n(CC)c1. The van der Waals surface area contributed by atoms with Gasteiger partial charge >= 0.3 is 0 Å². The van der Waals surface area contributed by atoms with Crippen LogP contribution in [0.25, 0.3) is 0 Å².